The minimum atomic E-state index is -4.58. The van der Waals surface area contributed by atoms with Gasteiger partial charge in [0.15, 0.2) is 0 Å². The fourth-order valence-corrected chi connectivity index (χ4v) is 2.05. The first-order valence-electron chi connectivity index (χ1n) is 7.05. The lowest BCUT2D eigenvalue weighted by atomic mass is 10.1. The molecular weight excluding hydrogens is 345 g/mol. The van der Waals surface area contributed by atoms with Gasteiger partial charge in [0.05, 0.1) is 11.3 Å². The summed E-state index contributed by atoms with van der Waals surface area (Å²) in [6.45, 7) is 2.37. The average molecular weight is 359 g/mol. The zero-order valence-electron chi connectivity index (χ0n) is 12.6. The van der Waals surface area contributed by atoms with Crippen LogP contribution in [0.3, 0.4) is 0 Å². The third-order valence-electron chi connectivity index (χ3n) is 2.99. The number of rotatable bonds is 5. The fourth-order valence-electron chi connectivity index (χ4n) is 1.88. The summed E-state index contributed by atoms with van der Waals surface area (Å²) in [6, 6.07) is 4.62. The van der Waals surface area contributed by atoms with Crippen LogP contribution in [-0.4, -0.2) is 22.4 Å². The topological polar surface area (TPSA) is 66.9 Å². The Hall–Kier alpha value is -2.35. The molecule has 0 aliphatic carbocycles. The molecule has 1 aromatic heterocycles. The highest BCUT2D eigenvalue weighted by Gasteiger charge is 2.34. The van der Waals surface area contributed by atoms with Gasteiger partial charge >= 0.3 is 6.18 Å². The second kappa shape index (κ2) is 7.48. The third kappa shape index (κ3) is 4.58. The second-order valence-electron chi connectivity index (χ2n) is 4.86. The van der Waals surface area contributed by atoms with Gasteiger partial charge in [0, 0.05) is 17.6 Å². The summed E-state index contributed by atoms with van der Waals surface area (Å²) < 4.78 is 39.2. The van der Waals surface area contributed by atoms with Gasteiger partial charge in [-0.2, -0.15) is 13.2 Å². The molecule has 0 fully saturated rings. The van der Waals surface area contributed by atoms with E-state index in [9.17, 15) is 18.0 Å². The molecule has 9 heteroatoms. The van der Waals surface area contributed by atoms with Crippen molar-refractivity contribution in [2.75, 3.05) is 11.9 Å². The van der Waals surface area contributed by atoms with Gasteiger partial charge in [-0.25, -0.2) is 9.97 Å². The number of benzene rings is 1. The van der Waals surface area contributed by atoms with Crippen LogP contribution in [0.5, 0.6) is 0 Å². The van der Waals surface area contributed by atoms with Gasteiger partial charge in [-0.05, 0) is 24.6 Å². The number of halogens is 4. The van der Waals surface area contributed by atoms with E-state index in [2.05, 4.69) is 20.6 Å². The van der Waals surface area contributed by atoms with Gasteiger partial charge in [0.2, 0.25) is 0 Å². The van der Waals surface area contributed by atoms with E-state index in [1.807, 2.05) is 6.92 Å². The Labute approximate surface area is 141 Å². The van der Waals surface area contributed by atoms with E-state index in [1.165, 1.54) is 18.2 Å². The van der Waals surface area contributed by atoms with Crippen LogP contribution in [0.2, 0.25) is 5.02 Å². The number of amides is 1. The number of anilines is 2. The molecule has 0 saturated carbocycles. The number of carbonyl (C=O) groups is 1. The summed E-state index contributed by atoms with van der Waals surface area (Å²) in [5, 5.41) is 5.14. The normalized spacial score (nSPS) is 11.2. The lowest BCUT2D eigenvalue weighted by Crippen LogP contribution is -2.25. The first kappa shape index (κ1) is 18.0. The summed E-state index contributed by atoms with van der Waals surface area (Å²) in [7, 11) is 0. The SMILES string of the molecule is CCCNC(=O)c1cc(Nc2ccc(Cl)cc2C(F)(F)F)ncn1. The van der Waals surface area contributed by atoms with E-state index in [1.54, 1.807) is 0 Å². The number of aromatic nitrogens is 2. The maximum atomic E-state index is 13.1. The Morgan fingerprint density at radius 2 is 2.00 bits per heavy atom. The van der Waals surface area contributed by atoms with Crippen molar-refractivity contribution in [3.63, 3.8) is 0 Å². The molecule has 0 bridgehead atoms. The first-order valence-corrected chi connectivity index (χ1v) is 7.43. The van der Waals surface area contributed by atoms with E-state index in [-0.39, 0.29) is 22.2 Å². The standard InChI is InChI=1S/C15H14ClF3N4O/c1-2-5-20-14(24)12-7-13(22-8-21-12)23-11-4-3-9(16)6-10(11)15(17,18)19/h3-4,6-8H,2,5H2,1H3,(H,20,24)(H,21,22,23). The number of hydrogen-bond donors (Lipinski definition) is 2. The quantitative estimate of drug-likeness (QED) is 0.846. The van der Waals surface area contributed by atoms with E-state index in [0.29, 0.717) is 6.54 Å². The number of carbonyl (C=O) groups excluding carboxylic acids is 1. The van der Waals surface area contributed by atoms with Gasteiger partial charge in [0.25, 0.3) is 5.91 Å². The van der Waals surface area contributed by atoms with E-state index in [0.717, 1.165) is 18.8 Å². The van der Waals surface area contributed by atoms with Crippen LogP contribution in [-0.2, 0) is 6.18 Å². The van der Waals surface area contributed by atoms with E-state index < -0.39 is 17.6 Å². The molecule has 5 nitrogen and oxygen atoms in total. The number of nitrogens with zero attached hydrogens (tertiary/aromatic N) is 2. The summed E-state index contributed by atoms with van der Waals surface area (Å²) in [5.74, 6) is -0.353. The molecule has 0 atom stereocenters. The van der Waals surface area contributed by atoms with Gasteiger partial charge in [0.1, 0.15) is 17.8 Å². The molecular formula is C15H14ClF3N4O. The zero-order chi connectivity index (χ0) is 17.7. The molecule has 0 spiro atoms. The summed E-state index contributed by atoms with van der Waals surface area (Å²) in [6.07, 6.45) is -2.73. The highest BCUT2D eigenvalue weighted by Crippen LogP contribution is 2.37. The minimum Gasteiger partial charge on any atom is -0.351 e. The van der Waals surface area contributed by atoms with Gasteiger partial charge in [-0.3, -0.25) is 4.79 Å². The maximum absolute atomic E-state index is 13.1. The molecule has 1 amide bonds. The van der Waals surface area contributed by atoms with Crippen molar-refractivity contribution in [2.24, 2.45) is 0 Å². The molecule has 1 aromatic carbocycles. The smallest absolute Gasteiger partial charge is 0.351 e. The Kier molecular flexibility index (Phi) is 5.61. The maximum Gasteiger partial charge on any atom is 0.418 e. The Balaban J connectivity index is 2.28. The van der Waals surface area contributed by atoms with Gasteiger partial charge < -0.3 is 10.6 Å². The number of hydrogen-bond acceptors (Lipinski definition) is 4. The average Bonchev–Trinajstić information content (AvgIpc) is 2.53. The molecule has 128 valence electrons. The summed E-state index contributed by atoms with van der Waals surface area (Å²) in [5.41, 5.74) is -1.08. The largest absolute Gasteiger partial charge is 0.418 e. The molecule has 0 saturated heterocycles. The molecule has 2 N–H and O–H groups in total. The minimum absolute atomic E-state index is 0.0322. The Bertz CT molecular complexity index is 737. The molecule has 0 aliphatic heterocycles. The molecule has 2 aromatic rings. The first-order chi connectivity index (χ1) is 11.3. The molecule has 24 heavy (non-hydrogen) atoms. The van der Waals surface area contributed by atoms with Crippen molar-refractivity contribution in [3.8, 4) is 0 Å². The fraction of sp³-hybridized carbons (Fsp3) is 0.267. The monoisotopic (exact) mass is 358 g/mol. The third-order valence-corrected chi connectivity index (χ3v) is 3.22. The van der Waals surface area contributed by atoms with E-state index >= 15 is 0 Å². The second-order valence-corrected chi connectivity index (χ2v) is 5.29. The van der Waals surface area contributed by atoms with Crippen molar-refractivity contribution >= 4 is 29.0 Å². The van der Waals surface area contributed by atoms with Crippen molar-refractivity contribution in [1.29, 1.82) is 0 Å². The molecule has 1 heterocycles. The zero-order valence-corrected chi connectivity index (χ0v) is 13.4. The van der Waals surface area contributed by atoms with Crippen LogP contribution in [0.1, 0.15) is 29.4 Å². The van der Waals surface area contributed by atoms with Crippen LogP contribution in [0, 0.1) is 0 Å². The van der Waals surface area contributed by atoms with Crippen LogP contribution >= 0.6 is 11.6 Å². The highest BCUT2D eigenvalue weighted by molar-refractivity contribution is 6.30. The lowest BCUT2D eigenvalue weighted by Gasteiger charge is -2.14. The van der Waals surface area contributed by atoms with Crippen LogP contribution in [0.15, 0.2) is 30.6 Å². The van der Waals surface area contributed by atoms with Crippen molar-refractivity contribution in [3.05, 3.63) is 46.9 Å². The number of alkyl halides is 3. The Morgan fingerprint density at radius 1 is 1.25 bits per heavy atom. The van der Waals surface area contributed by atoms with Gasteiger partial charge in [-0.1, -0.05) is 18.5 Å². The van der Waals surface area contributed by atoms with Crippen LogP contribution in [0.4, 0.5) is 24.7 Å². The molecule has 0 aliphatic rings. The molecule has 0 radical (unpaired) electrons. The highest BCUT2D eigenvalue weighted by atomic mass is 35.5. The van der Waals surface area contributed by atoms with Crippen LogP contribution < -0.4 is 10.6 Å². The Morgan fingerprint density at radius 3 is 2.67 bits per heavy atom. The van der Waals surface area contributed by atoms with Gasteiger partial charge in [-0.15, -0.1) is 0 Å². The van der Waals surface area contributed by atoms with Crippen molar-refractivity contribution in [1.82, 2.24) is 15.3 Å². The molecule has 0 unspecified atom stereocenters. The van der Waals surface area contributed by atoms with Crippen LogP contribution in [0.25, 0.3) is 0 Å². The van der Waals surface area contributed by atoms with Crippen molar-refractivity contribution in [2.45, 2.75) is 19.5 Å². The predicted octanol–water partition coefficient (Wildman–Crippen LogP) is 4.03. The predicted molar refractivity (Wildman–Crippen MR) is 84.4 cm³/mol. The molecule has 2 rings (SSSR count). The number of nitrogens with one attached hydrogen (secondary N) is 2. The van der Waals surface area contributed by atoms with Crippen molar-refractivity contribution < 1.29 is 18.0 Å². The summed E-state index contributed by atoms with van der Waals surface area (Å²) in [4.78, 5) is 19.5. The van der Waals surface area contributed by atoms with E-state index in [4.69, 9.17) is 11.6 Å². The lowest BCUT2D eigenvalue weighted by molar-refractivity contribution is -0.136. The summed E-state index contributed by atoms with van der Waals surface area (Å²) >= 11 is 5.63.